The molecule has 0 amide bonds. The molecule has 1 aliphatic rings. The van der Waals surface area contributed by atoms with Crippen LogP contribution in [0.4, 0.5) is 5.69 Å². The molecular formula is C12H17N3O. The number of amidine groups is 1. The summed E-state index contributed by atoms with van der Waals surface area (Å²) in [5, 5.41) is 22.1. The van der Waals surface area contributed by atoms with Crippen molar-refractivity contribution >= 4 is 11.5 Å². The number of anilines is 1. The summed E-state index contributed by atoms with van der Waals surface area (Å²) >= 11 is 0. The van der Waals surface area contributed by atoms with E-state index in [0.29, 0.717) is 0 Å². The monoisotopic (exact) mass is 219 g/mol. The summed E-state index contributed by atoms with van der Waals surface area (Å²) in [5.41, 5.74) is 1.47. The van der Waals surface area contributed by atoms with Gasteiger partial charge < -0.3 is 5.32 Å². The van der Waals surface area contributed by atoms with Gasteiger partial charge in [-0.3, -0.25) is 10.6 Å². The molecule has 86 valence electrons. The second-order valence-electron chi connectivity index (χ2n) is 5.15. The Morgan fingerprint density at radius 1 is 1.31 bits per heavy atom. The predicted molar refractivity (Wildman–Crippen MR) is 63.8 cm³/mol. The molecule has 1 unspecified atom stereocenters. The second-order valence-corrected chi connectivity index (χ2v) is 5.15. The van der Waals surface area contributed by atoms with E-state index in [4.69, 9.17) is 5.41 Å². The van der Waals surface area contributed by atoms with Crippen LogP contribution in [0, 0.1) is 10.8 Å². The fourth-order valence-corrected chi connectivity index (χ4v) is 1.86. The molecule has 0 fully saturated rings. The molecule has 4 nitrogen and oxygen atoms in total. The Bertz CT molecular complexity index is 423. The molecule has 1 heterocycles. The number of nitrogens with one attached hydrogen (secondary N) is 2. The van der Waals surface area contributed by atoms with E-state index in [2.05, 4.69) is 5.32 Å². The highest BCUT2D eigenvalue weighted by atomic mass is 16.5. The van der Waals surface area contributed by atoms with Gasteiger partial charge in [0.2, 0.25) is 0 Å². The summed E-state index contributed by atoms with van der Waals surface area (Å²) < 4.78 is 0. The maximum absolute atomic E-state index is 9.97. The number of hydrogen-bond acceptors (Lipinski definition) is 3. The van der Waals surface area contributed by atoms with Crippen LogP contribution in [-0.2, 0) is 0 Å². The van der Waals surface area contributed by atoms with Crippen LogP contribution in [0.25, 0.3) is 0 Å². The highest BCUT2D eigenvalue weighted by Crippen LogP contribution is 2.32. The fraction of sp³-hybridized carbons (Fsp3) is 0.417. The molecule has 2 rings (SSSR count). The largest absolute Gasteiger partial charge is 0.362 e. The van der Waals surface area contributed by atoms with Crippen molar-refractivity contribution < 1.29 is 5.21 Å². The zero-order chi connectivity index (χ0) is 11.9. The number of hydrogen-bond donors (Lipinski definition) is 3. The summed E-state index contributed by atoms with van der Waals surface area (Å²) in [6.07, 6.45) is -0.283. The van der Waals surface area contributed by atoms with E-state index >= 15 is 0 Å². The van der Waals surface area contributed by atoms with Gasteiger partial charge >= 0.3 is 0 Å². The molecule has 0 bridgehead atoms. The fourth-order valence-electron chi connectivity index (χ4n) is 1.86. The molecule has 1 aliphatic heterocycles. The first-order valence-corrected chi connectivity index (χ1v) is 5.34. The van der Waals surface area contributed by atoms with E-state index in [-0.39, 0.29) is 17.4 Å². The van der Waals surface area contributed by atoms with Gasteiger partial charge in [0, 0.05) is 16.7 Å². The molecule has 0 spiro atoms. The third-order valence-corrected chi connectivity index (χ3v) is 2.77. The van der Waals surface area contributed by atoms with Crippen molar-refractivity contribution in [3.8, 4) is 0 Å². The third-order valence-electron chi connectivity index (χ3n) is 2.77. The normalized spacial score (nSPS) is 20.4. The topological polar surface area (TPSA) is 59.4 Å². The van der Waals surface area contributed by atoms with E-state index in [0.717, 1.165) is 16.3 Å². The average Bonchev–Trinajstić information content (AvgIpc) is 2.22. The first-order valence-electron chi connectivity index (χ1n) is 5.34. The van der Waals surface area contributed by atoms with E-state index < -0.39 is 0 Å². The summed E-state index contributed by atoms with van der Waals surface area (Å²) in [4.78, 5) is 0. The molecule has 1 atom stereocenters. The van der Waals surface area contributed by atoms with Gasteiger partial charge in [-0.2, -0.15) is 0 Å². The quantitative estimate of drug-likeness (QED) is 0.628. The van der Waals surface area contributed by atoms with E-state index in [1.165, 1.54) is 0 Å². The van der Waals surface area contributed by atoms with Crippen molar-refractivity contribution in [2.45, 2.75) is 26.9 Å². The second kappa shape index (κ2) is 3.49. The molecule has 3 N–H and O–H groups in total. The molecular weight excluding hydrogens is 202 g/mol. The lowest BCUT2D eigenvalue weighted by Crippen LogP contribution is -2.53. The van der Waals surface area contributed by atoms with Gasteiger partial charge in [0.15, 0.2) is 5.84 Å². The van der Waals surface area contributed by atoms with Gasteiger partial charge in [0.1, 0.15) is 6.17 Å². The summed E-state index contributed by atoms with van der Waals surface area (Å²) in [6, 6.07) is 7.54. The maximum Gasteiger partial charge on any atom is 0.156 e. The lowest BCUT2D eigenvalue weighted by atomic mass is 9.89. The van der Waals surface area contributed by atoms with Crippen LogP contribution in [0.1, 0.15) is 26.3 Å². The van der Waals surface area contributed by atoms with Gasteiger partial charge in [0.25, 0.3) is 0 Å². The van der Waals surface area contributed by atoms with Gasteiger partial charge in [-0.05, 0) is 12.1 Å². The number of nitrogens with zero attached hydrogens (tertiary/aromatic N) is 1. The Labute approximate surface area is 95.4 Å². The average molecular weight is 219 g/mol. The van der Waals surface area contributed by atoms with Crippen LogP contribution in [0.3, 0.4) is 0 Å². The summed E-state index contributed by atoms with van der Waals surface area (Å²) in [5.74, 6) is 0.147. The van der Waals surface area contributed by atoms with Crippen molar-refractivity contribution in [2.75, 3.05) is 5.32 Å². The van der Waals surface area contributed by atoms with Crippen LogP contribution in [0.5, 0.6) is 0 Å². The van der Waals surface area contributed by atoms with Crippen LogP contribution >= 0.6 is 0 Å². The Balaban J connectivity index is 2.44. The number of para-hydroxylation sites is 1. The molecule has 0 radical (unpaired) electrons. The molecule has 1 aromatic rings. The molecule has 0 saturated heterocycles. The minimum Gasteiger partial charge on any atom is -0.362 e. The number of benzene rings is 1. The van der Waals surface area contributed by atoms with Gasteiger partial charge in [-0.25, -0.2) is 5.06 Å². The number of fused-ring (bicyclic) bond motifs is 1. The van der Waals surface area contributed by atoms with Crippen molar-refractivity contribution in [1.82, 2.24) is 5.06 Å². The van der Waals surface area contributed by atoms with E-state index in [9.17, 15) is 5.21 Å². The molecule has 16 heavy (non-hydrogen) atoms. The van der Waals surface area contributed by atoms with Crippen LogP contribution in [-0.4, -0.2) is 22.3 Å². The van der Waals surface area contributed by atoms with Crippen molar-refractivity contribution in [3.05, 3.63) is 29.8 Å². The van der Waals surface area contributed by atoms with Crippen LogP contribution in [0.2, 0.25) is 0 Å². The van der Waals surface area contributed by atoms with Crippen LogP contribution < -0.4 is 5.32 Å². The minimum absolute atomic E-state index is 0.147. The van der Waals surface area contributed by atoms with Crippen molar-refractivity contribution in [1.29, 1.82) is 5.41 Å². The van der Waals surface area contributed by atoms with Gasteiger partial charge in [-0.1, -0.05) is 32.9 Å². The van der Waals surface area contributed by atoms with Gasteiger partial charge in [0.05, 0.1) is 0 Å². The van der Waals surface area contributed by atoms with Crippen LogP contribution in [0.15, 0.2) is 24.3 Å². The van der Waals surface area contributed by atoms with Gasteiger partial charge in [-0.15, -0.1) is 0 Å². The lowest BCUT2D eigenvalue weighted by Gasteiger charge is -2.42. The smallest absolute Gasteiger partial charge is 0.156 e. The van der Waals surface area contributed by atoms with E-state index in [1.54, 1.807) is 0 Å². The zero-order valence-corrected chi connectivity index (χ0v) is 9.78. The SMILES string of the molecule is CC(C)(C)C1Nc2ccccc2C(=N)N1O. The number of rotatable bonds is 0. The highest BCUT2D eigenvalue weighted by molar-refractivity contribution is 6.02. The van der Waals surface area contributed by atoms with Crippen molar-refractivity contribution in [3.63, 3.8) is 0 Å². The molecule has 0 aromatic heterocycles. The zero-order valence-electron chi connectivity index (χ0n) is 9.78. The Morgan fingerprint density at radius 3 is 2.56 bits per heavy atom. The maximum atomic E-state index is 9.97. The Kier molecular flexibility index (Phi) is 2.39. The first kappa shape index (κ1) is 11.0. The third kappa shape index (κ3) is 1.65. The molecule has 0 aliphatic carbocycles. The predicted octanol–water partition coefficient (Wildman–Crippen LogP) is 2.50. The molecule has 1 aromatic carbocycles. The molecule has 4 heteroatoms. The Hall–Kier alpha value is -1.55. The number of hydroxylamine groups is 2. The standard InChI is InChI=1S/C12H17N3O/c1-12(2,3)11-14-9-7-5-4-6-8(9)10(13)15(11)16/h4-7,11,13-14,16H,1-3H3. The summed E-state index contributed by atoms with van der Waals surface area (Å²) in [7, 11) is 0. The summed E-state index contributed by atoms with van der Waals surface area (Å²) in [6.45, 7) is 6.07. The highest BCUT2D eigenvalue weighted by Gasteiger charge is 2.36. The first-order chi connectivity index (χ1) is 7.41. The van der Waals surface area contributed by atoms with Crippen molar-refractivity contribution in [2.24, 2.45) is 5.41 Å². The minimum atomic E-state index is -0.283. The lowest BCUT2D eigenvalue weighted by molar-refractivity contribution is -0.0786. The Morgan fingerprint density at radius 2 is 1.94 bits per heavy atom. The van der Waals surface area contributed by atoms with E-state index in [1.807, 2.05) is 45.0 Å². The molecule has 0 saturated carbocycles.